The maximum atomic E-state index is 12.0. The Morgan fingerprint density at radius 3 is 2.95 bits per heavy atom. The number of hydrogen-bond acceptors (Lipinski definition) is 3. The fourth-order valence-electron chi connectivity index (χ4n) is 2.42. The molecule has 0 aliphatic carbocycles. The summed E-state index contributed by atoms with van der Waals surface area (Å²) in [7, 11) is 0. The molecule has 0 spiro atoms. The Kier molecular flexibility index (Phi) is 4.43. The Bertz CT molecular complexity index is 465. The van der Waals surface area contributed by atoms with Gasteiger partial charge in [-0.2, -0.15) is 0 Å². The smallest absolute Gasteiger partial charge is 0.224 e. The predicted octanol–water partition coefficient (Wildman–Crippen LogP) is 2.78. The summed E-state index contributed by atoms with van der Waals surface area (Å²) in [4.78, 5) is 12.0. The van der Waals surface area contributed by atoms with Gasteiger partial charge in [0.15, 0.2) is 0 Å². The molecule has 104 valence electrons. The summed E-state index contributed by atoms with van der Waals surface area (Å²) >= 11 is 0. The Morgan fingerprint density at radius 1 is 1.47 bits per heavy atom. The van der Waals surface area contributed by atoms with Gasteiger partial charge >= 0.3 is 0 Å². The van der Waals surface area contributed by atoms with Crippen LogP contribution in [0.25, 0.3) is 0 Å². The highest BCUT2D eigenvalue weighted by molar-refractivity contribution is 5.93. The average Bonchev–Trinajstić information content (AvgIpc) is 2.90. The average molecular weight is 262 g/mol. The zero-order chi connectivity index (χ0) is 13.8. The van der Waals surface area contributed by atoms with Crippen LogP contribution < -0.4 is 11.1 Å². The molecule has 1 aliphatic heterocycles. The number of anilines is 2. The maximum absolute atomic E-state index is 12.0. The van der Waals surface area contributed by atoms with Crippen LogP contribution in [-0.4, -0.2) is 18.6 Å². The number of ether oxygens (including phenoxy) is 1. The summed E-state index contributed by atoms with van der Waals surface area (Å²) < 4.78 is 5.52. The van der Waals surface area contributed by atoms with Crippen LogP contribution >= 0.6 is 0 Å². The molecule has 1 aliphatic rings. The van der Waals surface area contributed by atoms with Gasteiger partial charge in [-0.05, 0) is 50.3 Å². The summed E-state index contributed by atoms with van der Waals surface area (Å²) in [5.41, 5.74) is 9.40. The van der Waals surface area contributed by atoms with E-state index >= 15 is 0 Å². The van der Waals surface area contributed by atoms with E-state index in [0.29, 0.717) is 12.1 Å². The van der Waals surface area contributed by atoms with E-state index in [-0.39, 0.29) is 12.0 Å². The van der Waals surface area contributed by atoms with E-state index in [1.807, 2.05) is 26.0 Å². The zero-order valence-electron chi connectivity index (χ0n) is 11.7. The molecule has 1 aromatic carbocycles. The maximum Gasteiger partial charge on any atom is 0.224 e. The van der Waals surface area contributed by atoms with Gasteiger partial charge in [-0.15, -0.1) is 0 Å². The van der Waals surface area contributed by atoms with E-state index in [9.17, 15) is 4.79 Å². The number of carbonyl (C=O) groups excluding carboxylic acids is 1. The van der Waals surface area contributed by atoms with Gasteiger partial charge in [0.25, 0.3) is 0 Å². The lowest BCUT2D eigenvalue weighted by atomic mass is 10.1. The largest absolute Gasteiger partial charge is 0.398 e. The number of carbonyl (C=O) groups is 1. The van der Waals surface area contributed by atoms with Crippen LogP contribution in [0.2, 0.25) is 0 Å². The third-order valence-electron chi connectivity index (χ3n) is 3.70. The van der Waals surface area contributed by atoms with Gasteiger partial charge in [0.2, 0.25) is 5.91 Å². The summed E-state index contributed by atoms with van der Waals surface area (Å²) in [6.07, 6.45) is 3.74. The molecule has 1 aromatic rings. The van der Waals surface area contributed by atoms with E-state index in [4.69, 9.17) is 10.5 Å². The van der Waals surface area contributed by atoms with E-state index in [1.165, 1.54) is 0 Å². The zero-order valence-corrected chi connectivity index (χ0v) is 11.7. The second kappa shape index (κ2) is 6.06. The minimum Gasteiger partial charge on any atom is -0.398 e. The Hall–Kier alpha value is -1.55. The summed E-state index contributed by atoms with van der Waals surface area (Å²) in [6, 6.07) is 3.80. The van der Waals surface area contributed by atoms with Gasteiger partial charge in [0.1, 0.15) is 0 Å². The molecule has 0 aromatic heterocycles. The van der Waals surface area contributed by atoms with Crippen molar-refractivity contribution in [3.8, 4) is 0 Å². The van der Waals surface area contributed by atoms with Crippen molar-refractivity contribution in [2.24, 2.45) is 0 Å². The highest BCUT2D eigenvalue weighted by Crippen LogP contribution is 2.25. The van der Waals surface area contributed by atoms with E-state index in [1.54, 1.807) is 0 Å². The lowest BCUT2D eigenvalue weighted by molar-refractivity contribution is -0.116. The first-order valence-corrected chi connectivity index (χ1v) is 6.85. The molecule has 1 fully saturated rings. The molecule has 1 unspecified atom stereocenters. The molecule has 4 heteroatoms. The summed E-state index contributed by atoms with van der Waals surface area (Å²) in [5.74, 6) is 0.0345. The summed E-state index contributed by atoms with van der Waals surface area (Å²) in [5, 5.41) is 2.97. The van der Waals surface area contributed by atoms with Crippen LogP contribution in [0.5, 0.6) is 0 Å². The molecule has 0 bridgehead atoms. The first-order valence-electron chi connectivity index (χ1n) is 6.85. The van der Waals surface area contributed by atoms with Gasteiger partial charge in [-0.1, -0.05) is 6.07 Å². The highest BCUT2D eigenvalue weighted by Gasteiger charge is 2.17. The van der Waals surface area contributed by atoms with Crippen LogP contribution in [0, 0.1) is 13.8 Å². The van der Waals surface area contributed by atoms with Crippen LogP contribution in [0.1, 0.15) is 36.8 Å². The van der Waals surface area contributed by atoms with Crippen molar-refractivity contribution < 1.29 is 9.53 Å². The standard InChI is InChI=1S/C15H22N2O2/c1-10-5-7-13(16)11(2)15(10)17-14(18)8-6-12-4-3-9-19-12/h5,7,12H,3-4,6,8-9,16H2,1-2H3,(H,17,18). The molecule has 1 amide bonds. The van der Waals surface area contributed by atoms with E-state index in [0.717, 1.165) is 42.7 Å². The number of amides is 1. The first-order chi connectivity index (χ1) is 9.08. The van der Waals surface area contributed by atoms with Crippen LogP contribution in [0.4, 0.5) is 11.4 Å². The Balaban J connectivity index is 1.93. The van der Waals surface area contributed by atoms with Crippen molar-refractivity contribution in [1.29, 1.82) is 0 Å². The quantitative estimate of drug-likeness (QED) is 0.820. The highest BCUT2D eigenvalue weighted by atomic mass is 16.5. The third-order valence-corrected chi connectivity index (χ3v) is 3.70. The van der Waals surface area contributed by atoms with Crippen molar-refractivity contribution in [2.45, 2.75) is 45.6 Å². The van der Waals surface area contributed by atoms with Crippen molar-refractivity contribution in [1.82, 2.24) is 0 Å². The van der Waals surface area contributed by atoms with Gasteiger partial charge in [-0.25, -0.2) is 0 Å². The molecular weight excluding hydrogens is 240 g/mol. The van der Waals surface area contributed by atoms with Crippen LogP contribution in [-0.2, 0) is 9.53 Å². The lowest BCUT2D eigenvalue weighted by Crippen LogP contribution is -2.16. The second-order valence-corrected chi connectivity index (χ2v) is 5.19. The number of nitrogen functional groups attached to an aromatic ring is 1. The van der Waals surface area contributed by atoms with Crippen molar-refractivity contribution in [2.75, 3.05) is 17.7 Å². The number of rotatable bonds is 4. The normalized spacial score (nSPS) is 18.5. The molecule has 1 saturated heterocycles. The Morgan fingerprint density at radius 2 is 2.26 bits per heavy atom. The molecule has 4 nitrogen and oxygen atoms in total. The van der Waals surface area contributed by atoms with E-state index < -0.39 is 0 Å². The van der Waals surface area contributed by atoms with Crippen molar-refractivity contribution >= 4 is 17.3 Å². The number of nitrogens with two attached hydrogens (primary N) is 1. The third kappa shape index (κ3) is 3.47. The second-order valence-electron chi connectivity index (χ2n) is 5.19. The van der Waals surface area contributed by atoms with Gasteiger partial charge in [0, 0.05) is 24.4 Å². The molecule has 19 heavy (non-hydrogen) atoms. The SMILES string of the molecule is Cc1ccc(N)c(C)c1NC(=O)CCC1CCCO1. The van der Waals surface area contributed by atoms with Crippen molar-refractivity contribution in [3.05, 3.63) is 23.3 Å². The monoisotopic (exact) mass is 262 g/mol. The minimum absolute atomic E-state index is 0.0345. The fourth-order valence-corrected chi connectivity index (χ4v) is 2.42. The van der Waals surface area contributed by atoms with Crippen LogP contribution in [0.15, 0.2) is 12.1 Å². The molecular formula is C15H22N2O2. The topological polar surface area (TPSA) is 64.3 Å². The van der Waals surface area contributed by atoms with Crippen LogP contribution in [0.3, 0.4) is 0 Å². The minimum atomic E-state index is 0.0345. The molecule has 1 atom stereocenters. The van der Waals surface area contributed by atoms with Gasteiger partial charge in [0.05, 0.1) is 6.10 Å². The molecule has 0 saturated carbocycles. The number of nitrogens with one attached hydrogen (secondary N) is 1. The molecule has 1 heterocycles. The van der Waals surface area contributed by atoms with E-state index in [2.05, 4.69) is 5.32 Å². The molecule has 3 N–H and O–H groups in total. The lowest BCUT2D eigenvalue weighted by Gasteiger charge is -2.14. The summed E-state index contributed by atoms with van der Waals surface area (Å²) in [6.45, 7) is 4.74. The van der Waals surface area contributed by atoms with Gasteiger partial charge < -0.3 is 15.8 Å². The molecule has 2 rings (SSSR count). The number of hydrogen-bond donors (Lipinski definition) is 2. The predicted molar refractivity (Wildman–Crippen MR) is 77.2 cm³/mol. The number of benzene rings is 1. The number of aryl methyl sites for hydroxylation is 1. The fraction of sp³-hybridized carbons (Fsp3) is 0.533. The first kappa shape index (κ1) is 13.9. The Labute approximate surface area is 114 Å². The van der Waals surface area contributed by atoms with Gasteiger partial charge in [-0.3, -0.25) is 4.79 Å². The van der Waals surface area contributed by atoms with Crippen molar-refractivity contribution in [3.63, 3.8) is 0 Å². The molecule has 0 radical (unpaired) electrons.